The van der Waals surface area contributed by atoms with E-state index >= 15 is 0 Å². The minimum absolute atomic E-state index is 0.431. The number of ether oxygens (including phenoxy) is 1. The zero-order valence-corrected chi connectivity index (χ0v) is 11.8. The molecule has 1 aromatic heterocycles. The number of rotatable bonds is 4. The molecule has 2 aromatic rings. The maximum atomic E-state index is 5.86. The van der Waals surface area contributed by atoms with E-state index in [1.54, 1.807) is 7.11 Å². The minimum Gasteiger partial charge on any atom is -0.490 e. The van der Waals surface area contributed by atoms with Gasteiger partial charge in [-0.05, 0) is 29.2 Å². The van der Waals surface area contributed by atoms with E-state index in [-0.39, 0.29) is 0 Å². The van der Waals surface area contributed by atoms with Crippen molar-refractivity contribution in [3.05, 3.63) is 34.9 Å². The number of nitrogens with two attached hydrogens (primary N) is 1. The number of nitrogens with zero attached hydrogens (tertiary/aromatic N) is 2. The lowest BCUT2D eigenvalue weighted by Crippen LogP contribution is -2.15. The van der Waals surface area contributed by atoms with E-state index in [1.807, 2.05) is 31.3 Å². The molecule has 0 amide bonds. The zero-order chi connectivity index (χ0) is 13.1. The fourth-order valence-electron chi connectivity index (χ4n) is 1.66. The Bertz CT molecular complexity index is 527. The van der Waals surface area contributed by atoms with Gasteiger partial charge in [0.05, 0.1) is 7.11 Å². The van der Waals surface area contributed by atoms with Gasteiger partial charge in [-0.3, -0.25) is 0 Å². The molecule has 0 bridgehead atoms. The van der Waals surface area contributed by atoms with Crippen LogP contribution in [0.1, 0.15) is 5.56 Å². The van der Waals surface area contributed by atoms with E-state index in [9.17, 15) is 0 Å². The molecular weight excluding hydrogens is 270 g/mol. The van der Waals surface area contributed by atoms with E-state index in [0.717, 1.165) is 22.1 Å². The van der Waals surface area contributed by atoms with Gasteiger partial charge in [-0.2, -0.15) is 4.37 Å². The molecule has 6 heteroatoms. The molecule has 2 N–H and O–H groups in total. The summed E-state index contributed by atoms with van der Waals surface area (Å²) >= 11 is 7.19. The van der Waals surface area contributed by atoms with E-state index in [4.69, 9.17) is 22.1 Å². The molecule has 0 spiro atoms. The van der Waals surface area contributed by atoms with Crippen molar-refractivity contribution in [1.29, 1.82) is 0 Å². The molecule has 1 aromatic carbocycles. The summed E-state index contributed by atoms with van der Waals surface area (Å²) < 4.78 is 9.35. The number of halogens is 1. The summed E-state index contributed by atoms with van der Waals surface area (Å²) in [6.45, 7) is 0.745. The van der Waals surface area contributed by atoms with E-state index < -0.39 is 0 Å². The molecule has 0 fully saturated rings. The van der Waals surface area contributed by atoms with Gasteiger partial charge in [-0.1, -0.05) is 23.7 Å². The smallest absolute Gasteiger partial charge is 0.197 e. The Morgan fingerprint density at radius 1 is 1.39 bits per heavy atom. The Hall–Kier alpha value is -1.46. The highest BCUT2D eigenvalue weighted by Gasteiger charge is 2.15. The summed E-state index contributed by atoms with van der Waals surface area (Å²) in [6.07, 6.45) is 0. The molecule has 0 saturated heterocycles. The van der Waals surface area contributed by atoms with Gasteiger partial charge in [0.15, 0.2) is 16.6 Å². The number of hydrogen-bond acceptors (Lipinski definition) is 5. The van der Waals surface area contributed by atoms with E-state index in [2.05, 4.69) is 9.27 Å². The van der Waals surface area contributed by atoms with Crippen LogP contribution < -0.4 is 15.4 Å². The number of anilines is 2. The topological polar surface area (TPSA) is 51.4 Å². The van der Waals surface area contributed by atoms with Crippen LogP contribution in [0.4, 0.5) is 10.8 Å². The molecule has 0 aliphatic rings. The maximum Gasteiger partial charge on any atom is 0.197 e. The van der Waals surface area contributed by atoms with Crippen LogP contribution in [0.25, 0.3) is 0 Å². The number of hydrogen-bond donors (Lipinski definition) is 1. The fraction of sp³-hybridized carbons (Fsp3) is 0.250. The predicted molar refractivity (Wildman–Crippen MR) is 76.6 cm³/mol. The molecule has 0 aliphatic carbocycles. The van der Waals surface area contributed by atoms with Crippen molar-refractivity contribution in [1.82, 2.24) is 4.37 Å². The lowest BCUT2D eigenvalue weighted by molar-refractivity contribution is 0.418. The standard InChI is InChI=1S/C12H14ClN3OS/c1-16(7-8-3-5-9(13)6-4-8)12-10(17-2)11(14)15-18-12/h3-6H,7H2,1-2H3,(H2,14,15). The SMILES string of the molecule is COc1c(N)nsc1N(C)Cc1ccc(Cl)cc1. The van der Waals surface area contributed by atoms with Crippen LogP contribution in [0.15, 0.2) is 24.3 Å². The largest absolute Gasteiger partial charge is 0.490 e. The summed E-state index contributed by atoms with van der Waals surface area (Å²) in [5.74, 6) is 1.07. The van der Waals surface area contributed by atoms with Crippen LogP contribution in [-0.2, 0) is 6.54 Å². The first-order chi connectivity index (χ1) is 8.61. The first-order valence-corrected chi connectivity index (χ1v) is 6.51. The highest BCUT2D eigenvalue weighted by atomic mass is 35.5. The molecule has 0 atom stereocenters. The highest BCUT2D eigenvalue weighted by Crippen LogP contribution is 2.37. The van der Waals surface area contributed by atoms with Crippen LogP contribution in [0.3, 0.4) is 0 Å². The predicted octanol–water partition coefficient (Wildman–Crippen LogP) is 3.02. The first kappa shape index (κ1) is 13.0. The summed E-state index contributed by atoms with van der Waals surface area (Å²) in [5, 5.41) is 1.66. The first-order valence-electron chi connectivity index (χ1n) is 5.36. The third kappa shape index (κ3) is 2.68. The van der Waals surface area contributed by atoms with E-state index in [0.29, 0.717) is 11.6 Å². The van der Waals surface area contributed by atoms with Crippen molar-refractivity contribution in [2.24, 2.45) is 0 Å². The maximum absolute atomic E-state index is 5.86. The van der Waals surface area contributed by atoms with Crippen LogP contribution in [0, 0.1) is 0 Å². The molecule has 18 heavy (non-hydrogen) atoms. The molecule has 4 nitrogen and oxygen atoms in total. The second-order valence-corrected chi connectivity index (χ2v) is 5.08. The van der Waals surface area contributed by atoms with Crippen LogP contribution >= 0.6 is 23.1 Å². The molecule has 96 valence electrons. The molecular formula is C12H14ClN3OS. The normalized spacial score (nSPS) is 10.4. The molecule has 1 heterocycles. The van der Waals surface area contributed by atoms with Gasteiger partial charge in [-0.15, -0.1) is 0 Å². The van der Waals surface area contributed by atoms with E-state index in [1.165, 1.54) is 11.5 Å². The number of aromatic nitrogens is 1. The average Bonchev–Trinajstić information content (AvgIpc) is 2.73. The monoisotopic (exact) mass is 283 g/mol. The van der Waals surface area contributed by atoms with Crippen molar-refractivity contribution in [2.45, 2.75) is 6.54 Å². The Morgan fingerprint density at radius 2 is 2.06 bits per heavy atom. The third-order valence-corrected chi connectivity index (χ3v) is 3.75. The van der Waals surface area contributed by atoms with Gasteiger partial charge in [0, 0.05) is 18.6 Å². The Morgan fingerprint density at radius 3 is 2.67 bits per heavy atom. The van der Waals surface area contributed by atoms with Gasteiger partial charge >= 0.3 is 0 Å². The Kier molecular flexibility index (Phi) is 3.93. The summed E-state index contributed by atoms with van der Waals surface area (Å²) in [4.78, 5) is 2.05. The number of benzene rings is 1. The van der Waals surface area contributed by atoms with Crippen molar-refractivity contribution in [3.8, 4) is 5.75 Å². The van der Waals surface area contributed by atoms with Crippen LogP contribution in [0.5, 0.6) is 5.75 Å². The minimum atomic E-state index is 0.431. The summed E-state index contributed by atoms with van der Waals surface area (Å²) in [7, 11) is 3.57. The van der Waals surface area contributed by atoms with Crippen LogP contribution in [-0.4, -0.2) is 18.5 Å². The Labute approximate surface area is 115 Å². The Balaban J connectivity index is 2.16. The lowest BCUT2D eigenvalue weighted by Gasteiger charge is -2.18. The molecule has 0 unspecified atom stereocenters. The highest BCUT2D eigenvalue weighted by molar-refractivity contribution is 7.11. The molecule has 0 saturated carbocycles. The van der Waals surface area contributed by atoms with Crippen molar-refractivity contribution in [2.75, 3.05) is 24.8 Å². The second kappa shape index (κ2) is 5.46. The second-order valence-electron chi connectivity index (χ2n) is 3.89. The molecule has 0 radical (unpaired) electrons. The number of methoxy groups -OCH3 is 1. The van der Waals surface area contributed by atoms with Crippen molar-refractivity contribution < 1.29 is 4.74 Å². The zero-order valence-electron chi connectivity index (χ0n) is 10.2. The number of nitrogen functional groups attached to an aromatic ring is 1. The van der Waals surface area contributed by atoms with Gasteiger partial charge in [-0.25, -0.2) is 0 Å². The van der Waals surface area contributed by atoms with Gasteiger partial charge in [0.2, 0.25) is 0 Å². The van der Waals surface area contributed by atoms with Crippen LogP contribution in [0.2, 0.25) is 5.02 Å². The van der Waals surface area contributed by atoms with Gasteiger partial charge in [0.1, 0.15) is 0 Å². The quantitative estimate of drug-likeness (QED) is 0.937. The lowest BCUT2D eigenvalue weighted by atomic mass is 10.2. The molecule has 0 aliphatic heterocycles. The van der Waals surface area contributed by atoms with Gasteiger partial charge in [0.25, 0.3) is 0 Å². The van der Waals surface area contributed by atoms with Crippen molar-refractivity contribution in [3.63, 3.8) is 0 Å². The summed E-state index contributed by atoms with van der Waals surface area (Å²) in [6, 6.07) is 7.75. The van der Waals surface area contributed by atoms with Gasteiger partial charge < -0.3 is 15.4 Å². The average molecular weight is 284 g/mol. The fourth-order valence-corrected chi connectivity index (χ4v) is 2.52. The van der Waals surface area contributed by atoms with Crippen molar-refractivity contribution >= 4 is 34.0 Å². The third-order valence-electron chi connectivity index (χ3n) is 2.54. The summed E-state index contributed by atoms with van der Waals surface area (Å²) in [5.41, 5.74) is 6.90. The molecule has 2 rings (SSSR count).